The molecule has 3 rings (SSSR count). The van der Waals surface area contributed by atoms with Crippen molar-refractivity contribution in [1.29, 1.82) is 0 Å². The van der Waals surface area contributed by atoms with Crippen molar-refractivity contribution in [3.8, 4) is 0 Å². The van der Waals surface area contributed by atoms with Crippen molar-refractivity contribution in [2.24, 2.45) is 5.92 Å². The number of nitrogens with one attached hydrogen (secondary N) is 2. The van der Waals surface area contributed by atoms with E-state index < -0.39 is 0 Å². The standard InChI is InChI=1S/C20H22N2O2/c23-19(14-15-8-4-5-9-15)22-18-13-7-6-12-17(18)20(24)21-16-10-2-1-3-11-16/h1-3,6-7,10-13,15H,4-5,8-9,14H2,(H,21,24)(H,22,23). The lowest BCUT2D eigenvalue weighted by molar-refractivity contribution is -0.117. The number of anilines is 2. The molecular weight excluding hydrogens is 300 g/mol. The summed E-state index contributed by atoms with van der Waals surface area (Å²) in [6.07, 6.45) is 5.23. The average Bonchev–Trinajstić information content (AvgIpc) is 3.09. The van der Waals surface area contributed by atoms with Gasteiger partial charge in [-0.2, -0.15) is 0 Å². The van der Waals surface area contributed by atoms with Gasteiger partial charge in [0, 0.05) is 12.1 Å². The van der Waals surface area contributed by atoms with Crippen molar-refractivity contribution >= 4 is 23.2 Å². The van der Waals surface area contributed by atoms with Crippen molar-refractivity contribution in [3.63, 3.8) is 0 Å². The first-order chi connectivity index (χ1) is 11.7. The molecule has 0 bridgehead atoms. The van der Waals surface area contributed by atoms with Gasteiger partial charge in [0.2, 0.25) is 5.91 Å². The summed E-state index contributed by atoms with van der Waals surface area (Å²) in [4.78, 5) is 24.8. The van der Waals surface area contributed by atoms with Crippen LogP contribution in [0.25, 0.3) is 0 Å². The minimum Gasteiger partial charge on any atom is -0.325 e. The Morgan fingerprint density at radius 1 is 0.875 bits per heavy atom. The number of carbonyl (C=O) groups is 2. The van der Waals surface area contributed by atoms with Gasteiger partial charge in [0.25, 0.3) is 5.91 Å². The van der Waals surface area contributed by atoms with Crippen molar-refractivity contribution in [3.05, 3.63) is 60.2 Å². The van der Waals surface area contributed by atoms with E-state index in [4.69, 9.17) is 0 Å². The minimum absolute atomic E-state index is 0.0122. The molecule has 2 amide bonds. The number of carbonyl (C=O) groups excluding carboxylic acids is 2. The molecule has 4 nitrogen and oxygen atoms in total. The second kappa shape index (κ2) is 7.77. The molecule has 0 aromatic heterocycles. The molecule has 0 aliphatic heterocycles. The first-order valence-electron chi connectivity index (χ1n) is 8.47. The molecule has 0 heterocycles. The summed E-state index contributed by atoms with van der Waals surface area (Å²) in [7, 11) is 0. The van der Waals surface area contributed by atoms with Gasteiger partial charge >= 0.3 is 0 Å². The molecule has 124 valence electrons. The van der Waals surface area contributed by atoms with Gasteiger partial charge in [0.15, 0.2) is 0 Å². The van der Waals surface area contributed by atoms with Crippen molar-refractivity contribution in [2.45, 2.75) is 32.1 Å². The molecule has 0 atom stereocenters. The molecule has 2 aromatic carbocycles. The second-order valence-corrected chi connectivity index (χ2v) is 6.27. The summed E-state index contributed by atoms with van der Waals surface area (Å²) in [5, 5.41) is 5.76. The van der Waals surface area contributed by atoms with Gasteiger partial charge in [0.05, 0.1) is 11.3 Å². The SMILES string of the molecule is O=C(CC1CCCC1)Nc1ccccc1C(=O)Nc1ccccc1. The maximum Gasteiger partial charge on any atom is 0.257 e. The van der Waals surface area contributed by atoms with Crippen LogP contribution in [0.3, 0.4) is 0 Å². The zero-order chi connectivity index (χ0) is 16.8. The van der Waals surface area contributed by atoms with Gasteiger partial charge in [-0.1, -0.05) is 43.2 Å². The second-order valence-electron chi connectivity index (χ2n) is 6.27. The number of amides is 2. The maximum absolute atomic E-state index is 12.5. The van der Waals surface area contributed by atoms with E-state index in [1.165, 1.54) is 12.8 Å². The van der Waals surface area contributed by atoms with E-state index >= 15 is 0 Å². The predicted octanol–water partition coefficient (Wildman–Crippen LogP) is 4.46. The zero-order valence-corrected chi connectivity index (χ0v) is 13.6. The Bertz CT molecular complexity index is 707. The van der Waals surface area contributed by atoms with E-state index in [-0.39, 0.29) is 11.8 Å². The van der Waals surface area contributed by atoms with Crippen LogP contribution in [0.2, 0.25) is 0 Å². The van der Waals surface area contributed by atoms with Gasteiger partial charge < -0.3 is 10.6 Å². The Labute approximate surface area is 142 Å². The lowest BCUT2D eigenvalue weighted by Gasteiger charge is -2.13. The first kappa shape index (κ1) is 16.2. The number of para-hydroxylation sites is 2. The zero-order valence-electron chi connectivity index (χ0n) is 13.6. The lowest BCUT2D eigenvalue weighted by atomic mass is 10.0. The summed E-state index contributed by atoms with van der Waals surface area (Å²) in [6, 6.07) is 16.4. The fourth-order valence-electron chi connectivity index (χ4n) is 3.19. The molecular formula is C20H22N2O2. The molecule has 1 saturated carbocycles. The molecule has 0 spiro atoms. The predicted molar refractivity (Wildman–Crippen MR) is 96.0 cm³/mol. The van der Waals surface area contributed by atoms with Crippen LogP contribution in [0.4, 0.5) is 11.4 Å². The van der Waals surface area contributed by atoms with Crippen LogP contribution in [-0.4, -0.2) is 11.8 Å². The van der Waals surface area contributed by atoms with Crippen LogP contribution in [-0.2, 0) is 4.79 Å². The topological polar surface area (TPSA) is 58.2 Å². The van der Waals surface area contributed by atoms with Crippen LogP contribution in [0.1, 0.15) is 42.5 Å². The summed E-state index contributed by atoms with van der Waals surface area (Å²) >= 11 is 0. The largest absolute Gasteiger partial charge is 0.325 e. The Morgan fingerprint density at radius 3 is 2.29 bits per heavy atom. The third-order valence-electron chi connectivity index (χ3n) is 4.43. The molecule has 1 fully saturated rings. The van der Waals surface area contributed by atoms with Crippen LogP contribution in [0, 0.1) is 5.92 Å². The van der Waals surface area contributed by atoms with Crippen molar-refractivity contribution in [1.82, 2.24) is 0 Å². The summed E-state index contributed by atoms with van der Waals surface area (Å²) in [6.45, 7) is 0. The van der Waals surface area contributed by atoms with Gasteiger partial charge in [-0.3, -0.25) is 9.59 Å². The van der Waals surface area contributed by atoms with Gasteiger partial charge in [-0.05, 0) is 43.0 Å². The first-order valence-corrected chi connectivity index (χ1v) is 8.47. The lowest BCUT2D eigenvalue weighted by Crippen LogP contribution is -2.19. The summed E-state index contributed by atoms with van der Waals surface area (Å²) in [5.41, 5.74) is 1.77. The number of benzene rings is 2. The quantitative estimate of drug-likeness (QED) is 0.854. The summed E-state index contributed by atoms with van der Waals surface area (Å²) < 4.78 is 0. The highest BCUT2D eigenvalue weighted by atomic mass is 16.2. The molecule has 4 heteroatoms. The average molecular weight is 322 g/mol. The number of hydrogen-bond acceptors (Lipinski definition) is 2. The Hall–Kier alpha value is -2.62. The fourth-order valence-corrected chi connectivity index (χ4v) is 3.19. The highest BCUT2D eigenvalue weighted by Gasteiger charge is 2.19. The van der Waals surface area contributed by atoms with E-state index in [0.29, 0.717) is 23.6 Å². The van der Waals surface area contributed by atoms with Gasteiger partial charge in [-0.25, -0.2) is 0 Å². The van der Waals surface area contributed by atoms with Crippen molar-refractivity contribution < 1.29 is 9.59 Å². The van der Waals surface area contributed by atoms with Crippen LogP contribution in [0.15, 0.2) is 54.6 Å². The van der Waals surface area contributed by atoms with Crippen molar-refractivity contribution in [2.75, 3.05) is 10.6 Å². The van der Waals surface area contributed by atoms with Gasteiger partial charge in [0.1, 0.15) is 0 Å². The van der Waals surface area contributed by atoms with E-state index in [1.807, 2.05) is 36.4 Å². The normalized spacial score (nSPS) is 14.3. The molecule has 24 heavy (non-hydrogen) atoms. The molecule has 2 aromatic rings. The number of hydrogen-bond donors (Lipinski definition) is 2. The molecule has 2 N–H and O–H groups in total. The molecule has 1 aliphatic rings. The van der Waals surface area contributed by atoms with Gasteiger partial charge in [-0.15, -0.1) is 0 Å². The minimum atomic E-state index is -0.224. The maximum atomic E-state index is 12.5. The fraction of sp³-hybridized carbons (Fsp3) is 0.300. The van der Waals surface area contributed by atoms with Crippen LogP contribution >= 0.6 is 0 Å². The molecule has 0 unspecified atom stereocenters. The third kappa shape index (κ3) is 4.22. The molecule has 0 saturated heterocycles. The highest BCUT2D eigenvalue weighted by Crippen LogP contribution is 2.28. The smallest absolute Gasteiger partial charge is 0.257 e. The highest BCUT2D eigenvalue weighted by molar-refractivity contribution is 6.10. The number of rotatable bonds is 5. The third-order valence-corrected chi connectivity index (χ3v) is 4.43. The van der Waals surface area contributed by atoms with E-state index in [1.54, 1.807) is 18.2 Å². The Kier molecular flexibility index (Phi) is 5.26. The van der Waals surface area contributed by atoms with Crippen LogP contribution < -0.4 is 10.6 Å². The molecule has 0 radical (unpaired) electrons. The van der Waals surface area contributed by atoms with E-state index in [0.717, 1.165) is 18.5 Å². The molecule has 1 aliphatic carbocycles. The van der Waals surface area contributed by atoms with Crippen LogP contribution in [0.5, 0.6) is 0 Å². The van der Waals surface area contributed by atoms with E-state index in [9.17, 15) is 9.59 Å². The Balaban J connectivity index is 1.68. The van der Waals surface area contributed by atoms with E-state index in [2.05, 4.69) is 10.6 Å². The summed E-state index contributed by atoms with van der Waals surface area (Å²) in [5.74, 6) is 0.245. The Morgan fingerprint density at radius 2 is 1.54 bits per heavy atom. The monoisotopic (exact) mass is 322 g/mol.